The number of amides is 1. The number of anilines is 3. The molecule has 8 aromatic heterocycles. The zero-order chi connectivity index (χ0) is 83.4. The molecule has 3 aliphatic heterocycles. The van der Waals surface area contributed by atoms with Crippen molar-refractivity contribution in [1.29, 1.82) is 0 Å². The van der Waals surface area contributed by atoms with Crippen LogP contribution in [0.2, 0.25) is 0 Å². The second-order valence-corrected chi connectivity index (χ2v) is 25.7. The van der Waals surface area contributed by atoms with Crippen molar-refractivity contribution in [1.82, 2.24) is 84.5 Å². The Hall–Kier alpha value is -14.2. The number of aromatic nitrogens is 16. The van der Waals surface area contributed by atoms with Crippen LogP contribution in [0.3, 0.4) is 0 Å². The minimum atomic E-state index is -5.29. The third-order valence-electron chi connectivity index (χ3n) is 17.9. The van der Waals surface area contributed by atoms with Crippen molar-refractivity contribution in [3.63, 3.8) is 0 Å². The minimum absolute atomic E-state index is 0.00960. The van der Waals surface area contributed by atoms with Gasteiger partial charge in [-0.15, -0.1) is 0 Å². The van der Waals surface area contributed by atoms with Crippen molar-refractivity contribution in [3.05, 3.63) is 248 Å². The van der Waals surface area contributed by atoms with Gasteiger partial charge in [0.05, 0.1) is 97.2 Å². The molecule has 0 saturated carbocycles. The van der Waals surface area contributed by atoms with E-state index in [9.17, 15) is 63.4 Å². The highest BCUT2D eigenvalue weighted by atomic mass is 19.4. The lowest BCUT2D eigenvalue weighted by Gasteiger charge is -2.28. The fourth-order valence-electron chi connectivity index (χ4n) is 11.7. The smallest absolute Gasteiger partial charge is 0.426 e. The number of ketones is 1. The number of hydrogen-bond acceptors (Lipinski definition) is 24. The van der Waals surface area contributed by atoms with E-state index in [-0.39, 0.29) is 101 Å². The molecule has 1 unspecified atom stereocenters. The average molecular weight is 1620 g/mol. The van der Waals surface area contributed by atoms with Crippen LogP contribution in [0.25, 0.3) is 51.6 Å². The van der Waals surface area contributed by atoms with Crippen LogP contribution in [0, 0.1) is 40.7 Å². The maximum atomic E-state index is 14.2. The predicted molar refractivity (Wildman–Crippen MR) is 400 cm³/mol. The number of hydrogen-bond donors (Lipinski definition) is 5. The molecule has 0 aliphatic carbocycles. The Bertz CT molecular complexity index is 5930. The summed E-state index contributed by atoms with van der Waals surface area (Å²) in [6.45, 7) is 6.66. The summed E-state index contributed by atoms with van der Waals surface area (Å²) in [5.41, 5.74) is 2.17. The highest BCUT2D eigenvalue weighted by molar-refractivity contribution is 6.14. The summed E-state index contributed by atoms with van der Waals surface area (Å²) in [5, 5.41) is 32.1. The van der Waals surface area contributed by atoms with Crippen molar-refractivity contribution in [3.8, 4) is 69.6 Å². The van der Waals surface area contributed by atoms with Crippen LogP contribution in [0.1, 0.15) is 48.9 Å². The normalized spacial score (nSPS) is 13.3. The first-order valence-electron chi connectivity index (χ1n) is 35.2. The average Bonchev–Trinajstić information content (AvgIpc) is 1.63. The van der Waals surface area contributed by atoms with Gasteiger partial charge in [-0.05, 0) is 51.0 Å². The molecule has 15 rings (SSSR count). The van der Waals surface area contributed by atoms with Gasteiger partial charge in [-0.2, -0.15) is 38.6 Å². The maximum Gasteiger partial charge on any atom is 0.426 e. The van der Waals surface area contributed by atoms with Crippen molar-refractivity contribution in [2.75, 3.05) is 70.2 Å². The van der Waals surface area contributed by atoms with Crippen molar-refractivity contribution < 1.29 is 82.4 Å². The van der Waals surface area contributed by atoms with E-state index in [1.807, 2.05) is 10.2 Å². The molecule has 30 nitrogen and oxygen atoms in total. The first-order valence-corrected chi connectivity index (χ1v) is 35.2. The molecule has 0 bridgehead atoms. The number of hydroxylamine groups is 1. The van der Waals surface area contributed by atoms with Crippen LogP contribution in [0.15, 0.2) is 174 Å². The maximum absolute atomic E-state index is 14.2. The van der Waals surface area contributed by atoms with Gasteiger partial charge in [0, 0.05) is 71.3 Å². The lowest BCUT2D eigenvalue weighted by Crippen LogP contribution is -2.56. The number of nitrogens with one attached hydrogen (secondary N) is 4. The number of rotatable bonds is 24. The largest absolute Gasteiger partial charge is 0.481 e. The number of halogens is 10. The lowest BCUT2D eigenvalue weighted by atomic mass is 9.99. The lowest BCUT2D eigenvalue weighted by molar-refractivity contribution is -0.244. The molecular formula is C77H69F10N21O9. The molecule has 4 aromatic carbocycles. The van der Waals surface area contributed by atoms with Gasteiger partial charge in [0.25, 0.3) is 11.5 Å². The molecule has 3 aliphatic rings. The van der Waals surface area contributed by atoms with E-state index in [2.05, 4.69) is 82.6 Å². The number of nitrogens with zero attached hydrogens (tertiary/aromatic N) is 17. The predicted octanol–water partition coefficient (Wildman–Crippen LogP) is 9.42. The first kappa shape index (κ1) is 82.3. The molecule has 11 heterocycles. The molecular weight excluding hydrogens is 1550 g/mol. The third-order valence-corrected chi connectivity index (χ3v) is 17.9. The Labute approximate surface area is 656 Å². The monoisotopic (exact) mass is 1620 g/mol. The highest BCUT2D eigenvalue weighted by Crippen LogP contribution is 2.34. The number of aliphatic hydroxyl groups is 1. The van der Waals surface area contributed by atoms with Crippen LogP contribution in [0.4, 0.5) is 61.4 Å². The number of methoxy groups -OCH3 is 4. The summed E-state index contributed by atoms with van der Waals surface area (Å²) in [7, 11) is 5.80. The van der Waals surface area contributed by atoms with Gasteiger partial charge in [-0.25, -0.2) is 89.8 Å². The van der Waals surface area contributed by atoms with Crippen molar-refractivity contribution >= 4 is 34.7 Å². The van der Waals surface area contributed by atoms with Crippen LogP contribution in [-0.4, -0.2) is 162 Å². The Kier molecular flexibility index (Phi) is 25.2. The molecule has 12 aromatic rings. The minimum Gasteiger partial charge on any atom is -0.481 e. The van der Waals surface area contributed by atoms with Crippen molar-refractivity contribution in [2.24, 2.45) is 4.99 Å². The Morgan fingerprint density at radius 3 is 1.34 bits per heavy atom. The fourth-order valence-corrected chi connectivity index (χ4v) is 11.7. The molecule has 0 spiro atoms. The van der Waals surface area contributed by atoms with E-state index in [1.165, 1.54) is 96.7 Å². The number of carbonyl (C=O) groups is 2. The zero-order valence-electron chi connectivity index (χ0n) is 62.7. The summed E-state index contributed by atoms with van der Waals surface area (Å²) in [6, 6.07) is 31.4. The van der Waals surface area contributed by atoms with Gasteiger partial charge in [-0.3, -0.25) is 14.4 Å². The van der Waals surface area contributed by atoms with E-state index in [0.29, 0.717) is 93.2 Å². The number of aromatic amines is 1. The summed E-state index contributed by atoms with van der Waals surface area (Å²) >= 11 is 0. The molecule has 5 N–H and O–H groups in total. The quantitative estimate of drug-likeness (QED) is 0.0351. The molecule has 1 saturated heterocycles. The Morgan fingerprint density at radius 2 is 0.949 bits per heavy atom. The second-order valence-electron chi connectivity index (χ2n) is 25.7. The second kappa shape index (κ2) is 35.9. The molecule has 1 amide bonds. The van der Waals surface area contributed by atoms with Crippen LogP contribution in [0.5, 0.6) is 23.5 Å². The zero-order valence-corrected chi connectivity index (χ0v) is 62.7. The summed E-state index contributed by atoms with van der Waals surface area (Å²) in [5.74, 6) is -3.75. The number of alkyl halides is 3. The number of allylic oxidation sites excluding steroid dienone is 1. The van der Waals surface area contributed by atoms with E-state index in [4.69, 9.17) is 23.8 Å². The molecule has 1 fully saturated rings. The number of benzene rings is 4. The van der Waals surface area contributed by atoms with Gasteiger partial charge < -0.3 is 49.4 Å². The summed E-state index contributed by atoms with van der Waals surface area (Å²) in [6.07, 6.45) is 1.33. The number of H-pyrrole nitrogens is 1. The number of carbonyl (C=O) groups excluding carboxylic acids is 2. The highest BCUT2D eigenvalue weighted by Gasteiger charge is 2.57. The van der Waals surface area contributed by atoms with Crippen LogP contribution < -0.4 is 56.2 Å². The van der Waals surface area contributed by atoms with E-state index in [0.717, 1.165) is 32.1 Å². The Balaban J connectivity index is 0.000000144. The molecule has 117 heavy (non-hydrogen) atoms. The van der Waals surface area contributed by atoms with Crippen LogP contribution >= 0.6 is 0 Å². The molecule has 606 valence electrons. The number of fused-ring (bicyclic) bond motifs is 1. The Morgan fingerprint density at radius 1 is 0.556 bits per heavy atom. The number of ether oxygens (including phenoxy) is 4. The van der Waals surface area contributed by atoms with Gasteiger partial charge >= 0.3 is 6.18 Å². The first-order chi connectivity index (χ1) is 56.1. The van der Waals surface area contributed by atoms with Gasteiger partial charge in [0.1, 0.15) is 46.0 Å². The van der Waals surface area contributed by atoms with Gasteiger partial charge in [-0.1, -0.05) is 79.4 Å². The SMILES string of the molecule is C=C1C=C(CNc2nc(-c3cc(OC)n(Cc4ccccc4F)n3)ncc2F)ON1.COc1cc(-c2nc3c(c(=O)[nH]2)=C(C)C(=O)N=3)nn1Cc1ccccc1F.COc1cc(-c2ncc(F)c(N3CCCC3)n2)nn1Cc1ccccc1F.COc1cc(-c2ncc(F)c(NCC(O)(C(C)=O)C(F)(F)F)n2)nn1Cc1ccccc1F. The fraction of sp³-hybridized carbons (Fsp3) is 0.234. The van der Waals surface area contributed by atoms with Crippen LogP contribution in [-0.2, 0) is 40.6 Å². The van der Waals surface area contributed by atoms with E-state index < -0.39 is 64.7 Å². The molecule has 1 atom stereocenters. The van der Waals surface area contributed by atoms with Gasteiger partial charge in [0.2, 0.25) is 29.1 Å². The van der Waals surface area contributed by atoms with Gasteiger partial charge in [0.15, 0.2) is 75.2 Å². The third kappa shape index (κ3) is 19.0. The summed E-state index contributed by atoms with van der Waals surface area (Å²) < 4.78 is 165. The molecule has 40 heteroatoms. The topological polar surface area (TPSA) is 347 Å². The summed E-state index contributed by atoms with van der Waals surface area (Å²) in [4.78, 5) is 77.3. The standard InChI is InChI=1S/C20H18F5N5O3.C20H18F2N6O2.C19H19F2N5O.C18H14FN5O3/c1-11(31)19(32,20(23,24)25)10-27-17-14(22)8-26-18(28-17)15-7-16(33-2)30(29-15)9-12-5-3-4-6-13(12)21;1-12-7-14(30-27-12)9-23-19-16(22)10-24-20(25-19)17-8-18(29-2)28(26-17)11-13-5-3-4-6-15(13)21;1-27-17-10-16(24-26(17)12-13-6-2-3-7-14(13)20)18-22-11-15(21)19(23-18)25-8-4-5-9-25;1-9-14-16(22-17(9)25)20-15(21-18(14)26)12-7-13(27-2)24(23-12)8-10-5-3-4-6-11(10)19/h3-8,32H,9-10H2,1-2H3,(H,26,27,28);3-8,10,27H,1,9,11H2,2H3,(H,23,24,25);2-3,6-7,10-11H,4-5,8-9,12H2,1H3;3-7H,8H2,1-2H3,(H,20,21,22,25,26). The number of Topliss-reactive ketones (excluding diaryl/α,β-unsaturated/α-hetero) is 1. The van der Waals surface area contributed by atoms with Crippen molar-refractivity contribution in [2.45, 2.75) is 64.6 Å². The van der Waals surface area contributed by atoms with E-state index in [1.54, 1.807) is 91.0 Å². The van der Waals surface area contributed by atoms with E-state index >= 15 is 0 Å². The molecule has 0 radical (unpaired) electrons.